The van der Waals surface area contributed by atoms with E-state index < -0.39 is 28.2 Å². The van der Waals surface area contributed by atoms with Crippen molar-refractivity contribution in [1.82, 2.24) is 5.32 Å². The van der Waals surface area contributed by atoms with Gasteiger partial charge in [-0.25, -0.2) is 4.79 Å². The SMILES string of the molecule is COC(=O)[C@@H](NC(=O)c1ccc(Br)cc1)C(C)(C)C[S@@](C)=O. The van der Waals surface area contributed by atoms with Crippen LogP contribution in [0.5, 0.6) is 0 Å². The lowest BCUT2D eigenvalue weighted by molar-refractivity contribution is -0.145. The summed E-state index contributed by atoms with van der Waals surface area (Å²) in [6.45, 7) is 3.55. The molecule has 0 saturated carbocycles. The smallest absolute Gasteiger partial charge is 0.328 e. The number of methoxy groups -OCH3 is 1. The van der Waals surface area contributed by atoms with Gasteiger partial charge in [0.1, 0.15) is 6.04 Å². The molecule has 7 heteroatoms. The van der Waals surface area contributed by atoms with Crippen molar-refractivity contribution in [3.8, 4) is 0 Å². The normalized spacial score (nSPS) is 14.0. The van der Waals surface area contributed by atoms with E-state index in [1.807, 2.05) is 0 Å². The average molecular weight is 390 g/mol. The number of benzene rings is 1. The summed E-state index contributed by atoms with van der Waals surface area (Å²) < 4.78 is 17.1. The Labute approximate surface area is 141 Å². The van der Waals surface area contributed by atoms with Crippen molar-refractivity contribution in [2.45, 2.75) is 19.9 Å². The van der Waals surface area contributed by atoms with Gasteiger partial charge in [-0.2, -0.15) is 0 Å². The van der Waals surface area contributed by atoms with E-state index in [1.54, 1.807) is 44.4 Å². The van der Waals surface area contributed by atoms with Crippen molar-refractivity contribution in [3.63, 3.8) is 0 Å². The minimum Gasteiger partial charge on any atom is -0.467 e. The predicted molar refractivity (Wildman–Crippen MR) is 90.1 cm³/mol. The lowest BCUT2D eigenvalue weighted by atomic mass is 9.86. The number of halogens is 1. The molecule has 0 fully saturated rings. The number of nitrogens with one attached hydrogen (secondary N) is 1. The Morgan fingerprint density at radius 2 is 1.86 bits per heavy atom. The summed E-state index contributed by atoms with van der Waals surface area (Å²) in [5.41, 5.74) is -0.261. The highest BCUT2D eigenvalue weighted by atomic mass is 79.9. The fourth-order valence-corrected chi connectivity index (χ4v) is 3.59. The Balaban J connectivity index is 2.98. The second-order valence-electron chi connectivity index (χ2n) is 5.64. The molecule has 0 aliphatic rings. The Hall–Kier alpha value is -1.21. The molecule has 0 saturated heterocycles. The quantitative estimate of drug-likeness (QED) is 0.756. The summed E-state index contributed by atoms with van der Waals surface area (Å²) in [7, 11) is 0.162. The van der Waals surface area contributed by atoms with Gasteiger partial charge < -0.3 is 10.1 Å². The van der Waals surface area contributed by atoms with E-state index in [-0.39, 0.29) is 11.7 Å². The van der Waals surface area contributed by atoms with Crippen molar-refractivity contribution in [1.29, 1.82) is 0 Å². The third-order valence-electron chi connectivity index (χ3n) is 3.18. The molecular weight excluding hydrogens is 370 g/mol. The summed E-state index contributed by atoms with van der Waals surface area (Å²) in [4.78, 5) is 24.3. The number of esters is 1. The molecule has 0 radical (unpaired) electrons. The Bertz CT molecular complexity index is 571. The van der Waals surface area contributed by atoms with Gasteiger partial charge in [-0.3, -0.25) is 9.00 Å². The first-order chi connectivity index (χ1) is 10.2. The van der Waals surface area contributed by atoms with E-state index in [0.29, 0.717) is 5.56 Å². The lowest BCUT2D eigenvalue weighted by Gasteiger charge is -2.32. The molecule has 1 aromatic carbocycles. The molecule has 1 amide bonds. The van der Waals surface area contributed by atoms with Crippen LogP contribution in [-0.2, 0) is 20.3 Å². The minimum absolute atomic E-state index is 0.271. The third-order valence-corrected chi connectivity index (χ3v) is 4.85. The molecule has 0 bridgehead atoms. The lowest BCUT2D eigenvalue weighted by Crippen LogP contribution is -2.52. The molecule has 0 spiro atoms. The zero-order chi connectivity index (χ0) is 16.9. The molecule has 22 heavy (non-hydrogen) atoms. The molecule has 5 nitrogen and oxygen atoms in total. The first kappa shape index (κ1) is 18.8. The van der Waals surface area contributed by atoms with E-state index in [1.165, 1.54) is 7.11 Å². The maximum atomic E-state index is 12.3. The van der Waals surface area contributed by atoms with Gasteiger partial charge in [-0.05, 0) is 24.3 Å². The van der Waals surface area contributed by atoms with Gasteiger partial charge in [0.15, 0.2) is 0 Å². The molecule has 0 unspecified atom stereocenters. The highest BCUT2D eigenvalue weighted by Gasteiger charge is 2.38. The molecule has 0 aromatic heterocycles. The topological polar surface area (TPSA) is 72.5 Å². The summed E-state index contributed by atoms with van der Waals surface area (Å²) >= 11 is 3.30. The zero-order valence-corrected chi connectivity index (χ0v) is 15.4. The van der Waals surface area contributed by atoms with Crippen LogP contribution >= 0.6 is 15.9 Å². The van der Waals surface area contributed by atoms with Crippen LogP contribution in [0.2, 0.25) is 0 Å². The third kappa shape index (κ3) is 5.21. The van der Waals surface area contributed by atoms with Gasteiger partial charge in [0, 0.05) is 38.3 Å². The molecule has 1 N–H and O–H groups in total. The first-order valence-corrected chi connectivity index (χ1v) is 9.13. The van der Waals surface area contributed by atoms with E-state index in [0.717, 1.165) is 4.47 Å². The van der Waals surface area contributed by atoms with Crippen molar-refractivity contribution < 1.29 is 18.5 Å². The minimum atomic E-state index is -1.10. The van der Waals surface area contributed by atoms with Gasteiger partial charge in [-0.15, -0.1) is 0 Å². The first-order valence-electron chi connectivity index (χ1n) is 6.61. The number of hydrogen-bond donors (Lipinski definition) is 1. The summed E-state index contributed by atoms with van der Waals surface area (Å²) in [6.07, 6.45) is 1.56. The van der Waals surface area contributed by atoms with Gasteiger partial charge in [0.05, 0.1) is 7.11 Å². The molecule has 0 aliphatic heterocycles. The van der Waals surface area contributed by atoms with Crippen LogP contribution in [-0.4, -0.2) is 41.2 Å². The largest absolute Gasteiger partial charge is 0.467 e. The Kier molecular flexibility index (Phi) is 6.74. The van der Waals surface area contributed by atoms with Crippen molar-refractivity contribution in [3.05, 3.63) is 34.3 Å². The van der Waals surface area contributed by atoms with Crippen LogP contribution in [0.4, 0.5) is 0 Å². The van der Waals surface area contributed by atoms with Crippen LogP contribution in [0.15, 0.2) is 28.7 Å². The van der Waals surface area contributed by atoms with Crippen LogP contribution < -0.4 is 5.32 Å². The van der Waals surface area contributed by atoms with E-state index >= 15 is 0 Å². The Morgan fingerprint density at radius 3 is 2.32 bits per heavy atom. The maximum Gasteiger partial charge on any atom is 0.328 e. The highest BCUT2D eigenvalue weighted by molar-refractivity contribution is 9.10. The number of ether oxygens (including phenoxy) is 1. The second-order valence-corrected chi connectivity index (χ2v) is 7.99. The van der Waals surface area contributed by atoms with E-state index in [2.05, 4.69) is 21.2 Å². The maximum absolute atomic E-state index is 12.3. The van der Waals surface area contributed by atoms with E-state index in [9.17, 15) is 13.8 Å². The van der Waals surface area contributed by atoms with Crippen molar-refractivity contribution in [2.75, 3.05) is 19.1 Å². The van der Waals surface area contributed by atoms with Crippen molar-refractivity contribution >= 4 is 38.6 Å². The molecule has 0 heterocycles. The summed E-state index contributed by atoms with van der Waals surface area (Å²) in [5, 5.41) is 2.69. The number of hydrogen-bond acceptors (Lipinski definition) is 4. The fourth-order valence-electron chi connectivity index (χ4n) is 2.11. The fraction of sp³-hybridized carbons (Fsp3) is 0.467. The second kappa shape index (κ2) is 7.87. The zero-order valence-electron chi connectivity index (χ0n) is 13.0. The molecule has 1 aromatic rings. The highest BCUT2D eigenvalue weighted by Crippen LogP contribution is 2.23. The molecule has 122 valence electrons. The average Bonchev–Trinajstić information content (AvgIpc) is 2.42. The van der Waals surface area contributed by atoms with Gasteiger partial charge in [0.2, 0.25) is 0 Å². The molecule has 0 aliphatic carbocycles. The Morgan fingerprint density at radius 1 is 1.32 bits per heavy atom. The predicted octanol–water partition coefficient (Wildman–Crippen LogP) is 2.13. The summed E-state index contributed by atoms with van der Waals surface area (Å²) in [5.74, 6) is -0.660. The van der Waals surface area contributed by atoms with E-state index in [4.69, 9.17) is 4.74 Å². The van der Waals surface area contributed by atoms with Gasteiger partial charge in [-0.1, -0.05) is 29.8 Å². The monoisotopic (exact) mass is 389 g/mol. The van der Waals surface area contributed by atoms with Crippen molar-refractivity contribution in [2.24, 2.45) is 5.41 Å². The van der Waals surface area contributed by atoms with Crippen LogP contribution in [0.3, 0.4) is 0 Å². The van der Waals surface area contributed by atoms with Gasteiger partial charge in [0.25, 0.3) is 5.91 Å². The molecule has 1 rings (SSSR count). The number of carbonyl (C=O) groups is 2. The molecular formula is C15H20BrNO4S. The van der Waals surface area contributed by atoms with Crippen LogP contribution in [0, 0.1) is 5.41 Å². The summed E-state index contributed by atoms with van der Waals surface area (Å²) in [6, 6.07) is 5.91. The van der Waals surface area contributed by atoms with Crippen LogP contribution in [0.25, 0.3) is 0 Å². The number of amides is 1. The molecule has 2 atom stereocenters. The van der Waals surface area contributed by atoms with Crippen LogP contribution in [0.1, 0.15) is 24.2 Å². The van der Waals surface area contributed by atoms with Gasteiger partial charge >= 0.3 is 5.97 Å². The number of rotatable bonds is 6. The standard InChI is InChI=1S/C15H20BrNO4S/c1-15(2,9-22(4)20)12(14(19)21-3)17-13(18)10-5-7-11(16)8-6-10/h5-8,12H,9H2,1-4H3,(H,17,18)/t12-,22-/m1/s1. The number of carbonyl (C=O) groups excluding carboxylic acids is 2.